The first-order chi connectivity index (χ1) is 28.8. The molecule has 0 amide bonds. The molecule has 1 aliphatic carbocycles. The van der Waals surface area contributed by atoms with Gasteiger partial charge in [-0.05, 0) is 89.6 Å². The van der Waals surface area contributed by atoms with Crippen molar-refractivity contribution in [3.63, 3.8) is 0 Å². The number of rotatable bonds is 2. The highest BCUT2D eigenvalue weighted by atomic mass is 16.3. The molecule has 1 heterocycles. The summed E-state index contributed by atoms with van der Waals surface area (Å²) in [7, 11) is 0. The fraction of sp³-hybridized carbons (Fsp3) is 0.0667. The summed E-state index contributed by atoms with van der Waals surface area (Å²) in [6, 6.07) is 8.05. The van der Waals surface area contributed by atoms with E-state index in [0.717, 1.165) is 16.2 Å². The number of hydrogen-bond donors (Lipinski definition) is 0. The van der Waals surface area contributed by atoms with Crippen molar-refractivity contribution in [1.29, 1.82) is 0 Å². The third-order valence-corrected chi connectivity index (χ3v) is 9.34. The Morgan fingerprint density at radius 3 is 1.93 bits per heavy atom. The van der Waals surface area contributed by atoms with E-state index in [9.17, 15) is 8.22 Å². The van der Waals surface area contributed by atoms with Gasteiger partial charge in [-0.1, -0.05) is 141 Å². The van der Waals surface area contributed by atoms with Crippen molar-refractivity contribution in [2.24, 2.45) is 0 Å². The first-order valence-electron chi connectivity index (χ1n) is 22.4. The Labute approximate surface area is 288 Å². The molecule has 46 heavy (non-hydrogen) atoms. The monoisotopic (exact) mass is 601 g/mol. The lowest BCUT2D eigenvalue weighted by Crippen LogP contribution is -2.14. The van der Waals surface area contributed by atoms with Crippen LogP contribution >= 0.6 is 0 Å². The van der Waals surface area contributed by atoms with Gasteiger partial charge >= 0.3 is 0 Å². The zero-order chi connectivity index (χ0) is 43.6. The largest absolute Gasteiger partial charge is 0.455 e. The molecule has 1 nitrogen and oxygen atoms in total. The molecule has 1 heteroatoms. The second-order valence-electron chi connectivity index (χ2n) is 12.1. The SMILES string of the molecule is [2H]c1c([2H])c([2H])c2c(c1[2H])-c1c(-c3c4c([2H])c([2H])c([2H])c([2H])c4c(-c4ccc5oc6c7ccccc7ccc6c5c4)c4c([2H])c([2H])c([2H])c([2H])c34)c([2H])c([2H])c([2H])c1C2(C)C. The summed E-state index contributed by atoms with van der Waals surface area (Å²) in [5.74, 6) is 0. The van der Waals surface area contributed by atoms with E-state index in [1.165, 1.54) is 0 Å². The Morgan fingerprint density at radius 2 is 1.15 bits per heavy atom. The quantitative estimate of drug-likeness (QED) is 0.180. The van der Waals surface area contributed by atoms with Gasteiger partial charge in [-0.15, -0.1) is 0 Å². The molecule has 0 saturated carbocycles. The van der Waals surface area contributed by atoms with E-state index in [0.29, 0.717) is 22.1 Å². The van der Waals surface area contributed by atoms with Gasteiger partial charge in [0, 0.05) is 21.6 Å². The van der Waals surface area contributed by atoms with Gasteiger partial charge in [0.25, 0.3) is 0 Å². The molecule has 0 atom stereocenters. The molecule has 0 radical (unpaired) electrons. The van der Waals surface area contributed by atoms with E-state index in [4.69, 9.17) is 16.8 Å². The van der Waals surface area contributed by atoms with Crippen LogP contribution in [0.25, 0.3) is 87.6 Å². The maximum Gasteiger partial charge on any atom is 0.143 e. The third-order valence-electron chi connectivity index (χ3n) is 9.34. The first kappa shape index (κ1) is 15.1. The molecular formula is C45H30O. The van der Waals surface area contributed by atoms with Gasteiger partial charge < -0.3 is 4.42 Å². The average molecular weight is 602 g/mol. The molecule has 0 bridgehead atoms. The van der Waals surface area contributed by atoms with Crippen molar-refractivity contribution >= 4 is 54.3 Å². The highest BCUT2D eigenvalue weighted by Gasteiger charge is 2.37. The summed E-state index contributed by atoms with van der Waals surface area (Å²) >= 11 is 0. The van der Waals surface area contributed by atoms with Crippen LogP contribution in [0.3, 0.4) is 0 Å². The molecule has 0 spiro atoms. The molecule has 0 N–H and O–H groups in total. The zero-order valence-corrected chi connectivity index (χ0v) is 24.6. The second-order valence-corrected chi connectivity index (χ2v) is 12.1. The van der Waals surface area contributed by atoms with Gasteiger partial charge in [0.15, 0.2) is 0 Å². The lowest BCUT2D eigenvalue weighted by Gasteiger charge is -2.22. The third kappa shape index (κ3) is 3.35. The molecule has 0 saturated heterocycles. The molecule has 10 rings (SSSR count). The summed E-state index contributed by atoms with van der Waals surface area (Å²) in [5, 5.41) is 2.43. The van der Waals surface area contributed by atoms with Gasteiger partial charge in [-0.25, -0.2) is 0 Å². The summed E-state index contributed by atoms with van der Waals surface area (Å²) < 4.78 is 143. The van der Waals surface area contributed by atoms with Crippen LogP contribution in [0.15, 0.2) is 150 Å². The standard InChI is InChI=1S/C45H30O/c1-45(2)38-20-10-9-18-35(38)43-36(19-11-21-39(43)45)42-32-16-7-5-14-30(32)41(31-15-6-8-17-33(31)42)28-23-25-40-37(26-28)34-24-22-27-12-3-4-13-29(27)44(34)46-40/h3-26H,1-2H3/i5D,6D,7D,8D,9D,10D,11D,14D,15D,16D,17D,18D,19D,20D,21D. The molecule has 0 unspecified atom stereocenters. The number of hydrogen-bond acceptors (Lipinski definition) is 1. The van der Waals surface area contributed by atoms with E-state index in [-0.39, 0.29) is 60.5 Å². The smallest absolute Gasteiger partial charge is 0.143 e. The number of benzene rings is 8. The van der Waals surface area contributed by atoms with Crippen LogP contribution < -0.4 is 0 Å². The van der Waals surface area contributed by atoms with Gasteiger partial charge in [0.05, 0.1) is 20.6 Å². The molecule has 8 aromatic carbocycles. The van der Waals surface area contributed by atoms with Crippen molar-refractivity contribution in [2.45, 2.75) is 19.3 Å². The van der Waals surface area contributed by atoms with E-state index in [1.54, 1.807) is 32.0 Å². The van der Waals surface area contributed by atoms with Crippen LogP contribution in [0, 0.1) is 0 Å². The fourth-order valence-corrected chi connectivity index (χ4v) is 7.23. The Hall–Kier alpha value is -5.66. The van der Waals surface area contributed by atoms with Crippen molar-refractivity contribution in [1.82, 2.24) is 0 Å². The van der Waals surface area contributed by atoms with Crippen molar-refractivity contribution in [3.05, 3.63) is 156 Å². The highest BCUT2D eigenvalue weighted by Crippen LogP contribution is 2.54. The Kier molecular flexibility index (Phi) is 3.01. The summed E-state index contributed by atoms with van der Waals surface area (Å²) in [4.78, 5) is 0. The lowest BCUT2D eigenvalue weighted by atomic mass is 9.80. The minimum Gasteiger partial charge on any atom is -0.455 e. The van der Waals surface area contributed by atoms with Crippen LogP contribution in [0.5, 0.6) is 0 Å². The van der Waals surface area contributed by atoms with Crippen LogP contribution in [0.4, 0.5) is 0 Å². The van der Waals surface area contributed by atoms with Crippen molar-refractivity contribution in [3.8, 4) is 33.4 Å². The van der Waals surface area contributed by atoms with E-state index in [2.05, 4.69) is 0 Å². The average Bonchev–Trinajstić information content (AvgIpc) is 3.74. The molecule has 0 aliphatic heterocycles. The van der Waals surface area contributed by atoms with Crippen LogP contribution in [0.2, 0.25) is 0 Å². The minimum atomic E-state index is -1.35. The Balaban J connectivity index is 1.48. The Morgan fingerprint density at radius 1 is 0.500 bits per heavy atom. The summed E-state index contributed by atoms with van der Waals surface area (Å²) in [5.41, 5.74) is -0.311. The fourth-order valence-electron chi connectivity index (χ4n) is 7.23. The maximum absolute atomic E-state index is 9.55. The van der Waals surface area contributed by atoms with E-state index >= 15 is 0 Å². The Bertz CT molecular complexity index is 3490. The van der Waals surface area contributed by atoms with Crippen LogP contribution in [0.1, 0.15) is 45.5 Å². The van der Waals surface area contributed by atoms with Crippen LogP contribution in [-0.4, -0.2) is 0 Å². The molecule has 1 aliphatic rings. The predicted molar refractivity (Wildman–Crippen MR) is 195 cm³/mol. The number of fused-ring (bicyclic) bond motifs is 10. The van der Waals surface area contributed by atoms with E-state index in [1.807, 2.05) is 36.4 Å². The van der Waals surface area contributed by atoms with Gasteiger partial charge in [-0.3, -0.25) is 0 Å². The number of furan rings is 1. The highest BCUT2D eigenvalue weighted by molar-refractivity contribution is 6.24. The molecule has 1 aromatic heterocycles. The lowest BCUT2D eigenvalue weighted by molar-refractivity contribution is 0.660. The van der Waals surface area contributed by atoms with Gasteiger partial charge in [0.1, 0.15) is 11.2 Å². The van der Waals surface area contributed by atoms with Crippen molar-refractivity contribution < 1.29 is 25.0 Å². The molecule has 0 fully saturated rings. The van der Waals surface area contributed by atoms with Crippen LogP contribution in [-0.2, 0) is 5.41 Å². The topological polar surface area (TPSA) is 13.1 Å². The zero-order valence-electron chi connectivity index (χ0n) is 39.6. The van der Waals surface area contributed by atoms with Gasteiger partial charge in [0.2, 0.25) is 0 Å². The maximum atomic E-state index is 9.55. The molecular weight excluding hydrogens is 556 g/mol. The first-order valence-corrected chi connectivity index (χ1v) is 14.9. The predicted octanol–water partition coefficient (Wildman–Crippen LogP) is 12.7. The normalized spacial score (nSPS) is 18.2. The second kappa shape index (κ2) is 9.19. The van der Waals surface area contributed by atoms with Crippen molar-refractivity contribution in [2.75, 3.05) is 0 Å². The minimum absolute atomic E-state index is 0.0494. The molecule has 9 aromatic rings. The van der Waals surface area contributed by atoms with Gasteiger partial charge in [-0.2, -0.15) is 0 Å². The summed E-state index contributed by atoms with van der Waals surface area (Å²) in [6.07, 6.45) is 0. The molecule has 216 valence electrons. The van der Waals surface area contributed by atoms with E-state index < -0.39 is 96.1 Å². The summed E-state index contributed by atoms with van der Waals surface area (Å²) in [6.45, 7) is 3.28.